The zero-order valence-electron chi connectivity index (χ0n) is 34.9. The molecule has 0 aliphatic heterocycles. The fourth-order valence-electron chi connectivity index (χ4n) is 10.2. The van der Waals surface area contributed by atoms with Crippen LogP contribution in [0.3, 0.4) is 0 Å². The molecule has 0 spiro atoms. The molecule has 302 valence electrons. The zero-order valence-corrected chi connectivity index (χ0v) is 35.7. The van der Waals surface area contributed by atoms with Crippen molar-refractivity contribution in [2.24, 2.45) is 0 Å². The molecule has 14 aromatic rings. The van der Waals surface area contributed by atoms with E-state index >= 15 is 0 Å². The highest BCUT2D eigenvalue weighted by molar-refractivity contribution is 7.26. The fourth-order valence-corrected chi connectivity index (χ4v) is 11.5. The molecule has 0 aliphatic carbocycles. The summed E-state index contributed by atoms with van der Waals surface area (Å²) in [4.78, 5) is 16.2. The summed E-state index contributed by atoms with van der Waals surface area (Å²) >= 11 is 1.80. The van der Waals surface area contributed by atoms with Gasteiger partial charge in [-0.05, 0) is 93.3 Å². The molecule has 0 saturated heterocycles. The number of fused-ring (bicyclic) bond motifs is 13. The summed E-state index contributed by atoms with van der Waals surface area (Å²) in [6, 6.07) is 76.2. The number of para-hydroxylation sites is 2. The van der Waals surface area contributed by atoms with Gasteiger partial charge in [0.2, 0.25) is 5.95 Å². The van der Waals surface area contributed by atoms with E-state index in [2.05, 4.69) is 203 Å². The van der Waals surface area contributed by atoms with Gasteiger partial charge in [-0.2, -0.15) is 9.97 Å². The average molecular weight is 846 g/mol. The second kappa shape index (κ2) is 14.0. The van der Waals surface area contributed by atoms with Gasteiger partial charge in [0.25, 0.3) is 0 Å². The Kier molecular flexibility index (Phi) is 7.79. The molecule has 4 aromatic heterocycles. The maximum atomic E-state index is 5.50. The van der Waals surface area contributed by atoms with Crippen LogP contribution < -0.4 is 0 Å². The molecular formula is C59H35N5S. The van der Waals surface area contributed by atoms with E-state index in [1.807, 2.05) is 18.2 Å². The smallest absolute Gasteiger partial charge is 0.238 e. The lowest BCUT2D eigenvalue weighted by atomic mass is 9.99. The number of hydrogen-bond acceptors (Lipinski definition) is 4. The molecule has 0 radical (unpaired) electrons. The van der Waals surface area contributed by atoms with Gasteiger partial charge in [0.05, 0.1) is 22.1 Å². The second-order valence-electron chi connectivity index (χ2n) is 16.8. The maximum absolute atomic E-state index is 5.50. The number of hydrogen-bond donors (Lipinski definition) is 0. The fraction of sp³-hybridized carbons (Fsp3) is 0. The molecule has 0 fully saturated rings. The summed E-state index contributed by atoms with van der Waals surface area (Å²) < 4.78 is 7.03. The standard InChI is InChI=1S/C59H35N5S/c1-3-16-37(17-4-1)57-60-58(48-35-40-18-8-10-22-43(40)55-45-24-12-14-26-53(45)65-56(48)55)62-59(61-57)64-51-31-29-39(34-47(51)54-42-21-9-7-15-36(42)27-32-52(54)64)38-28-30-50-46(33-38)44-23-11-13-25-49(44)63(50)41-19-5-2-6-20-41/h1-35H. The Balaban J connectivity index is 1.03. The summed E-state index contributed by atoms with van der Waals surface area (Å²) in [5.41, 5.74) is 9.84. The Morgan fingerprint density at radius 3 is 1.72 bits per heavy atom. The molecular weight excluding hydrogens is 811 g/mol. The predicted octanol–water partition coefficient (Wildman–Crippen LogP) is 15.7. The highest BCUT2D eigenvalue weighted by atomic mass is 32.1. The number of nitrogens with zero attached hydrogens (tertiary/aromatic N) is 5. The lowest BCUT2D eigenvalue weighted by Gasteiger charge is -2.12. The summed E-state index contributed by atoms with van der Waals surface area (Å²) in [6.07, 6.45) is 0. The van der Waals surface area contributed by atoms with Gasteiger partial charge in [-0.3, -0.25) is 4.57 Å². The summed E-state index contributed by atoms with van der Waals surface area (Å²) in [5, 5.41) is 12.0. The average Bonchev–Trinajstić information content (AvgIpc) is 4.04. The van der Waals surface area contributed by atoms with Crippen molar-refractivity contribution in [3.8, 4) is 45.5 Å². The Morgan fingerprint density at radius 1 is 0.338 bits per heavy atom. The summed E-state index contributed by atoms with van der Waals surface area (Å²) in [7, 11) is 0. The Bertz CT molecular complexity index is 4240. The molecule has 0 amide bonds. The van der Waals surface area contributed by atoms with Gasteiger partial charge in [-0.15, -0.1) is 11.3 Å². The van der Waals surface area contributed by atoms with Crippen LogP contribution in [0.2, 0.25) is 0 Å². The molecule has 10 aromatic carbocycles. The zero-order chi connectivity index (χ0) is 42.6. The largest absolute Gasteiger partial charge is 0.309 e. The van der Waals surface area contributed by atoms with E-state index in [0.29, 0.717) is 17.6 Å². The third kappa shape index (κ3) is 5.48. The molecule has 0 N–H and O–H groups in total. The maximum Gasteiger partial charge on any atom is 0.238 e. The van der Waals surface area contributed by atoms with E-state index in [-0.39, 0.29) is 0 Å². The first-order valence-corrected chi connectivity index (χ1v) is 22.8. The van der Waals surface area contributed by atoms with Gasteiger partial charge in [0.15, 0.2) is 11.6 Å². The van der Waals surface area contributed by atoms with Crippen molar-refractivity contribution >= 4 is 96.7 Å². The number of thiophene rings is 1. The van der Waals surface area contributed by atoms with Gasteiger partial charge >= 0.3 is 0 Å². The van der Waals surface area contributed by atoms with Crippen molar-refractivity contribution in [1.82, 2.24) is 24.1 Å². The van der Waals surface area contributed by atoms with Crippen LogP contribution in [-0.4, -0.2) is 24.1 Å². The van der Waals surface area contributed by atoms with E-state index in [1.165, 1.54) is 63.5 Å². The monoisotopic (exact) mass is 845 g/mol. The van der Waals surface area contributed by atoms with Gasteiger partial charge < -0.3 is 4.57 Å². The molecule has 4 heterocycles. The first kappa shape index (κ1) is 36.1. The normalized spacial score (nSPS) is 12.0. The van der Waals surface area contributed by atoms with E-state index in [4.69, 9.17) is 15.0 Å². The molecule has 14 rings (SSSR count). The number of benzene rings is 10. The Morgan fingerprint density at radius 2 is 0.923 bits per heavy atom. The van der Waals surface area contributed by atoms with Gasteiger partial charge in [0.1, 0.15) is 0 Å². The first-order valence-electron chi connectivity index (χ1n) is 21.9. The molecule has 65 heavy (non-hydrogen) atoms. The van der Waals surface area contributed by atoms with Crippen LogP contribution in [0.1, 0.15) is 0 Å². The third-order valence-corrected chi connectivity index (χ3v) is 14.3. The molecule has 6 heteroatoms. The van der Waals surface area contributed by atoms with Crippen molar-refractivity contribution in [2.75, 3.05) is 0 Å². The minimum absolute atomic E-state index is 0.578. The van der Waals surface area contributed by atoms with Crippen molar-refractivity contribution < 1.29 is 0 Å². The quantitative estimate of drug-likeness (QED) is 0.173. The molecule has 0 atom stereocenters. The van der Waals surface area contributed by atoms with Gasteiger partial charge in [-0.25, -0.2) is 4.98 Å². The second-order valence-corrected chi connectivity index (χ2v) is 17.8. The van der Waals surface area contributed by atoms with Crippen LogP contribution in [0, 0.1) is 0 Å². The van der Waals surface area contributed by atoms with E-state index in [9.17, 15) is 0 Å². The van der Waals surface area contributed by atoms with Gasteiger partial charge in [0, 0.05) is 58.5 Å². The summed E-state index contributed by atoms with van der Waals surface area (Å²) in [6.45, 7) is 0. The summed E-state index contributed by atoms with van der Waals surface area (Å²) in [5.74, 6) is 1.85. The topological polar surface area (TPSA) is 48.5 Å². The minimum atomic E-state index is 0.578. The molecule has 0 saturated carbocycles. The molecule has 0 bridgehead atoms. The Labute approximate surface area is 376 Å². The van der Waals surface area contributed by atoms with E-state index in [0.717, 1.165) is 49.7 Å². The highest BCUT2D eigenvalue weighted by Crippen LogP contribution is 2.45. The SMILES string of the molecule is c1ccc(-c2nc(-c3cc4ccccc4c4c3sc3ccccc34)nc(-n3c4ccc(-c5ccc6c(c5)c5ccccc5n6-c5ccccc5)cc4c4c5ccccc5ccc43)n2)cc1. The minimum Gasteiger partial charge on any atom is -0.309 e. The number of rotatable bonds is 5. The molecule has 0 aliphatic rings. The van der Waals surface area contributed by atoms with Crippen molar-refractivity contribution in [3.05, 3.63) is 212 Å². The van der Waals surface area contributed by atoms with Crippen molar-refractivity contribution in [2.45, 2.75) is 0 Å². The van der Waals surface area contributed by atoms with Crippen LogP contribution in [0.15, 0.2) is 212 Å². The Hall–Kier alpha value is -8.45. The van der Waals surface area contributed by atoms with E-state index < -0.39 is 0 Å². The van der Waals surface area contributed by atoms with Crippen LogP contribution in [-0.2, 0) is 0 Å². The lowest BCUT2D eigenvalue weighted by Crippen LogP contribution is -2.06. The van der Waals surface area contributed by atoms with Gasteiger partial charge in [-0.1, -0.05) is 152 Å². The molecule has 0 unspecified atom stereocenters. The van der Waals surface area contributed by atoms with Crippen molar-refractivity contribution in [3.63, 3.8) is 0 Å². The number of aromatic nitrogens is 5. The lowest BCUT2D eigenvalue weighted by molar-refractivity contribution is 0.955. The van der Waals surface area contributed by atoms with Crippen molar-refractivity contribution in [1.29, 1.82) is 0 Å². The van der Waals surface area contributed by atoms with E-state index in [1.54, 1.807) is 11.3 Å². The molecule has 5 nitrogen and oxygen atoms in total. The highest BCUT2D eigenvalue weighted by Gasteiger charge is 2.23. The van der Waals surface area contributed by atoms with Crippen LogP contribution >= 0.6 is 11.3 Å². The predicted molar refractivity (Wildman–Crippen MR) is 273 cm³/mol. The van der Waals surface area contributed by atoms with Crippen LogP contribution in [0.4, 0.5) is 0 Å². The first-order chi connectivity index (χ1) is 32.2. The van der Waals surface area contributed by atoms with Crippen LogP contribution in [0.5, 0.6) is 0 Å². The van der Waals surface area contributed by atoms with Crippen LogP contribution in [0.25, 0.3) is 131 Å². The third-order valence-electron chi connectivity index (χ3n) is 13.1.